The normalized spacial score (nSPS) is 10.9. The molecule has 0 bridgehead atoms. The maximum atomic E-state index is 9.43. The van der Waals surface area contributed by atoms with E-state index in [1.807, 2.05) is 46.3 Å². The van der Waals surface area contributed by atoms with Gasteiger partial charge in [-0.15, -0.1) is 11.3 Å². The maximum absolute atomic E-state index is 9.43. The van der Waals surface area contributed by atoms with E-state index in [4.69, 9.17) is 23.2 Å². The standard InChI is InChI=1S/C19H13Cl2N5S/c20-12-6-18(27-10-12)16-8-19(25-11-24-16)23-4-5-26-13(9-22)7-14-15(21)2-1-3-17(14)26/h1-3,6-8,10-11H,4-5H2,(H,23,24,25). The molecule has 0 saturated heterocycles. The van der Waals surface area contributed by atoms with E-state index in [1.165, 1.54) is 17.7 Å². The number of nitriles is 1. The molecule has 3 aromatic heterocycles. The molecule has 0 aliphatic carbocycles. The third-order valence-electron chi connectivity index (χ3n) is 4.14. The van der Waals surface area contributed by atoms with Gasteiger partial charge in [-0.1, -0.05) is 29.3 Å². The summed E-state index contributed by atoms with van der Waals surface area (Å²) in [4.78, 5) is 9.55. The first-order chi connectivity index (χ1) is 13.2. The summed E-state index contributed by atoms with van der Waals surface area (Å²) in [5, 5.41) is 16.8. The molecule has 0 unspecified atom stereocenters. The van der Waals surface area contributed by atoms with Crippen molar-refractivity contribution in [3.63, 3.8) is 0 Å². The Balaban J connectivity index is 1.52. The lowest BCUT2D eigenvalue weighted by Crippen LogP contribution is -2.12. The number of fused-ring (bicyclic) bond motifs is 1. The number of hydrogen-bond donors (Lipinski definition) is 1. The monoisotopic (exact) mass is 413 g/mol. The van der Waals surface area contributed by atoms with Gasteiger partial charge in [-0.3, -0.25) is 0 Å². The first-order valence-corrected chi connectivity index (χ1v) is 9.77. The van der Waals surface area contributed by atoms with Crippen LogP contribution >= 0.6 is 34.5 Å². The quantitative estimate of drug-likeness (QED) is 0.472. The summed E-state index contributed by atoms with van der Waals surface area (Å²) in [5.74, 6) is 0.720. The number of anilines is 1. The number of halogens is 2. The van der Waals surface area contributed by atoms with E-state index in [2.05, 4.69) is 21.4 Å². The number of aromatic nitrogens is 3. The first-order valence-electron chi connectivity index (χ1n) is 8.14. The van der Waals surface area contributed by atoms with E-state index in [9.17, 15) is 5.26 Å². The topological polar surface area (TPSA) is 66.5 Å². The summed E-state index contributed by atoms with van der Waals surface area (Å²) in [7, 11) is 0. The third kappa shape index (κ3) is 3.62. The van der Waals surface area contributed by atoms with Crippen LogP contribution in [-0.2, 0) is 6.54 Å². The molecule has 1 N–H and O–H groups in total. The van der Waals surface area contributed by atoms with E-state index >= 15 is 0 Å². The molecule has 4 rings (SSSR count). The van der Waals surface area contributed by atoms with Crippen LogP contribution in [0.4, 0.5) is 5.82 Å². The number of benzene rings is 1. The van der Waals surface area contributed by atoms with Crippen molar-refractivity contribution in [2.75, 3.05) is 11.9 Å². The van der Waals surface area contributed by atoms with Crippen molar-refractivity contribution >= 4 is 51.3 Å². The molecule has 27 heavy (non-hydrogen) atoms. The summed E-state index contributed by atoms with van der Waals surface area (Å²) < 4.78 is 1.95. The van der Waals surface area contributed by atoms with Gasteiger partial charge in [0.05, 0.1) is 21.1 Å². The molecule has 0 aliphatic rings. The lowest BCUT2D eigenvalue weighted by Gasteiger charge is -2.10. The molecule has 0 amide bonds. The third-order valence-corrected chi connectivity index (χ3v) is 5.77. The SMILES string of the molecule is N#Cc1cc2c(Cl)cccc2n1CCNc1cc(-c2cc(Cl)cs2)ncn1. The van der Waals surface area contributed by atoms with Crippen molar-refractivity contribution in [1.82, 2.24) is 14.5 Å². The lowest BCUT2D eigenvalue weighted by atomic mass is 10.2. The molecule has 4 aromatic rings. The van der Waals surface area contributed by atoms with Gasteiger partial charge in [0.2, 0.25) is 0 Å². The Morgan fingerprint density at radius 2 is 2.07 bits per heavy atom. The largest absolute Gasteiger partial charge is 0.368 e. The molecular formula is C19H13Cl2N5S. The van der Waals surface area contributed by atoms with Crippen molar-refractivity contribution in [3.8, 4) is 16.6 Å². The van der Waals surface area contributed by atoms with E-state index in [0.717, 1.165) is 27.3 Å². The predicted molar refractivity (Wildman–Crippen MR) is 111 cm³/mol. The average molecular weight is 414 g/mol. The molecule has 3 heterocycles. The zero-order chi connectivity index (χ0) is 18.8. The van der Waals surface area contributed by atoms with Crippen LogP contribution in [0.1, 0.15) is 5.69 Å². The fraction of sp³-hybridized carbons (Fsp3) is 0.105. The van der Waals surface area contributed by atoms with Gasteiger partial charge in [0.1, 0.15) is 23.9 Å². The van der Waals surface area contributed by atoms with Crippen molar-refractivity contribution < 1.29 is 0 Å². The zero-order valence-electron chi connectivity index (χ0n) is 14.0. The first kappa shape index (κ1) is 17.8. The minimum atomic E-state index is 0.580. The summed E-state index contributed by atoms with van der Waals surface area (Å²) in [6, 6.07) is 13.5. The van der Waals surface area contributed by atoms with Crippen LogP contribution in [0.15, 0.2) is 48.1 Å². The van der Waals surface area contributed by atoms with Crippen LogP contribution in [0, 0.1) is 11.3 Å². The van der Waals surface area contributed by atoms with Gasteiger partial charge in [-0.05, 0) is 24.3 Å². The number of hydrogen-bond acceptors (Lipinski definition) is 5. The molecule has 0 spiro atoms. The number of rotatable bonds is 5. The highest BCUT2D eigenvalue weighted by Crippen LogP contribution is 2.29. The van der Waals surface area contributed by atoms with Crippen LogP contribution < -0.4 is 5.32 Å². The minimum absolute atomic E-state index is 0.580. The van der Waals surface area contributed by atoms with E-state index in [1.54, 1.807) is 0 Å². The van der Waals surface area contributed by atoms with Gasteiger partial charge in [-0.2, -0.15) is 5.26 Å². The van der Waals surface area contributed by atoms with Crippen molar-refractivity contribution in [3.05, 3.63) is 63.8 Å². The van der Waals surface area contributed by atoms with Gasteiger partial charge in [0.15, 0.2) is 0 Å². The molecular weight excluding hydrogens is 401 g/mol. The number of nitrogens with one attached hydrogen (secondary N) is 1. The Hall–Kier alpha value is -2.59. The maximum Gasteiger partial charge on any atom is 0.130 e. The summed E-state index contributed by atoms with van der Waals surface area (Å²) in [6.45, 7) is 1.21. The highest BCUT2D eigenvalue weighted by Gasteiger charge is 2.11. The Morgan fingerprint density at radius 3 is 2.85 bits per heavy atom. The van der Waals surface area contributed by atoms with E-state index < -0.39 is 0 Å². The summed E-state index contributed by atoms with van der Waals surface area (Å²) in [5.41, 5.74) is 2.34. The molecule has 0 saturated carbocycles. The lowest BCUT2D eigenvalue weighted by molar-refractivity contribution is 0.745. The van der Waals surface area contributed by atoms with Crippen LogP contribution in [-0.4, -0.2) is 21.1 Å². The van der Waals surface area contributed by atoms with Crippen molar-refractivity contribution in [2.45, 2.75) is 6.54 Å². The molecule has 5 nitrogen and oxygen atoms in total. The molecule has 0 radical (unpaired) electrons. The summed E-state index contributed by atoms with van der Waals surface area (Å²) in [6.07, 6.45) is 1.52. The van der Waals surface area contributed by atoms with E-state index in [0.29, 0.717) is 28.8 Å². The van der Waals surface area contributed by atoms with Gasteiger partial charge >= 0.3 is 0 Å². The second-order valence-electron chi connectivity index (χ2n) is 5.81. The Bertz CT molecular complexity index is 1160. The Labute approximate surface area is 169 Å². The minimum Gasteiger partial charge on any atom is -0.368 e. The highest BCUT2D eigenvalue weighted by molar-refractivity contribution is 7.14. The van der Waals surface area contributed by atoms with Crippen molar-refractivity contribution in [2.24, 2.45) is 0 Å². The molecule has 0 atom stereocenters. The molecule has 8 heteroatoms. The van der Waals surface area contributed by atoms with Crippen LogP contribution in [0.25, 0.3) is 21.5 Å². The molecule has 1 aromatic carbocycles. The Kier molecular flexibility index (Phi) is 4.99. The highest BCUT2D eigenvalue weighted by atomic mass is 35.5. The van der Waals surface area contributed by atoms with Gasteiger partial charge in [-0.25, -0.2) is 9.97 Å². The summed E-state index contributed by atoms with van der Waals surface area (Å²) >= 11 is 13.8. The van der Waals surface area contributed by atoms with Gasteiger partial charge < -0.3 is 9.88 Å². The number of nitrogens with zero attached hydrogens (tertiary/aromatic N) is 4. The van der Waals surface area contributed by atoms with Crippen LogP contribution in [0.5, 0.6) is 0 Å². The van der Waals surface area contributed by atoms with Gasteiger partial charge in [0, 0.05) is 34.9 Å². The molecule has 0 fully saturated rings. The van der Waals surface area contributed by atoms with Crippen LogP contribution in [0.2, 0.25) is 10.0 Å². The fourth-order valence-corrected chi connectivity index (χ4v) is 4.18. The van der Waals surface area contributed by atoms with Crippen molar-refractivity contribution in [1.29, 1.82) is 5.26 Å². The smallest absolute Gasteiger partial charge is 0.130 e. The van der Waals surface area contributed by atoms with Gasteiger partial charge in [0.25, 0.3) is 0 Å². The molecule has 0 aliphatic heterocycles. The van der Waals surface area contributed by atoms with E-state index in [-0.39, 0.29) is 0 Å². The second-order valence-corrected chi connectivity index (χ2v) is 7.56. The zero-order valence-corrected chi connectivity index (χ0v) is 16.3. The average Bonchev–Trinajstić information content (AvgIpc) is 3.27. The van der Waals surface area contributed by atoms with Crippen LogP contribution in [0.3, 0.4) is 0 Å². The molecule has 134 valence electrons. The Morgan fingerprint density at radius 1 is 1.19 bits per heavy atom. The number of thiophene rings is 1. The fourth-order valence-electron chi connectivity index (χ4n) is 2.91. The predicted octanol–water partition coefficient (Wildman–Crippen LogP) is 5.45. The second kappa shape index (κ2) is 7.57.